The molecular weight excluding hydrogens is 408 g/mol. The third-order valence-electron chi connectivity index (χ3n) is 3.68. The highest BCUT2D eigenvalue weighted by molar-refractivity contribution is 9.10. The van der Waals surface area contributed by atoms with Gasteiger partial charge in [0.15, 0.2) is 11.5 Å². The Morgan fingerprint density at radius 1 is 1.20 bits per heavy atom. The number of rotatable bonds is 6. The fourth-order valence-corrected chi connectivity index (χ4v) is 2.95. The normalized spacial score (nSPS) is 11.2. The Morgan fingerprint density at radius 2 is 1.84 bits per heavy atom. The maximum atomic E-state index is 12.3. The van der Waals surface area contributed by atoms with Gasteiger partial charge in [0.2, 0.25) is 5.91 Å². The average molecular weight is 430 g/mol. The van der Waals surface area contributed by atoms with Crippen LogP contribution in [0.1, 0.15) is 22.7 Å². The van der Waals surface area contributed by atoms with E-state index in [-0.39, 0.29) is 18.3 Å². The van der Waals surface area contributed by atoms with Crippen molar-refractivity contribution in [1.82, 2.24) is 5.32 Å². The maximum Gasteiger partial charge on any atom is 0.241 e. The largest absolute Gasteiger partial charge is 0.493 e. The summed E-state index contributed by atoms with van der Waals surface area (Å²) in [6.07, 6.45) is 0. The molecule has 0 aliphatic heterocycles. The predicted molar refractivity (Wildman–Crippen MR) is 104 cm³/mol. The van der Waals surface area contributed by atoms with Gasteiger partial charge >= 0.3 is 0 Å². The minimum atomic E-state index is -0.700. The van der Waals surface area contributed by atoms with Crippen molar-refractivity contribution in [1.29, 1.82) is 0 Å². The summed E-state index contributed by atoms with van der Waals surface area (Å²) in [6, 6.07) is 10.6. The standard InChI is InChI=1S/C18H21BrN2O3.ClH/c1-11-4-6-13(7-5-11)16(20)18(22)21-10-12-8-14(19)17(24-3)15(9-12)23-2;/h4-9,16H,10,20H2,1-3H3,(H,21,22);1H. The van der Waals surface area contributed by atoms with Crippen LogP contribution in [0.3, 0.4) is 0 Å². The molecule has 7 heteroatoms. The van der Waals surface area contributed by atoms with E-state index in [0.717, 1.165) is 21.2 Å². The fraction of sp³-hybridized carbons (Fsp3) is 0.278. The second-order valence-corrected chi connectivity index (χ2v) is 6.27. The van der Waals surface area contributed by atoms with Crippen molar-refractivity contribution in [2.24, 2.45) is 5.73 Å². The van der Waals surface area contributed by atoms with Crippen LogP contribution in [0.15, 0.2) is 40.9 Å². The second kappa shape index (κ2) is 9.65. The molecule has 0 aliphatic rings. The van der Waals surface area contributed by atoms with E-state index in [9.17, 15) is 4.79 Å². The molecule has 2 rings (SSSR count). The fourth-order valence-electron chi connectivity index (χ4n) is 2.30. The Labute approximate surface area is 162 Å². The summed E-state index contributed by atoms with van der Waals surface area (Å²) >= 11 is 3.44. The zero-order chi connectivity index (χ0) is 17.7. The summed E-state index contributed by atoms with van der Waals surface area (Å²) in [4.78, 5) is 12.3. The van der Waals surface area contributed by atoms with Crippen molar-refractivity contribution in [3.8, 4) is 11.5 Å². The summed E-state index contributed by atoms with van der Waals surface area (Å²) in [5, 5.41) is 2.85. The van der Waals surface area contributed by atoms with Crippen LogP contribution < -0.4 is 20.5 Å². The first-order valence-corrected chi connectivity index (χ1v) is 8.25. The number of nitrogens with two attached hydrogens (primary N) is 1. The minimum Gasteiger partial charge on any atom is -0.493 e. The van der Waals surface area contributed by atoms with Crippen LogP contribution in [0.5, 0.6) is 11.5 Å². The molecule has 136 valence electrons. The number of aryl methyl sites for hydroxylation is 1. The molecule has 0 saturated heterocycles. The van der Waals surface area contributed by atoms with Crippen LogP contribution in [0, 0.1) is 6.92 Å². The quantitative estimate of drug-likeness (QED) is 0.737. The van der Waals surface area contributed by atoms with Crippen LogP contribution in [-0.4, -0.2) is 20.1 Å². The number of carbonyl (C=O) groups excluding carboxylic acids is 1. The first kappa shape index (κ1) is 21.3. The zero-order valence-corrected chi connectivity index (χ0v) is 16.7. The number of ether oxygens (including phenoxy) is 2. The predicted octanol–water partition coefficient (Wildman–Crippen LogP) is 3.51. The van der Waals surface area contributed by atoms with Gasteiger partial charge in [0, 0.05) is 6.54 Å². The summed E-state index contributed by atoms with van der Waals surface area (Å²) < 4.78 is 11.3. The van der Waals surface area contributed by atoms with E-state index in [4.69, 9.17) is 15.2 Å². The van der Waals surface area contributed by atoms with Crippen molar-refractivity contribution in [2.75, 3.05) is 14.2 Å². The highest BCUT2D eigenvalue weighted by Crippen LogP contribution is 2.36. The number of hydrogen-bond acceptors (Lipinski definition) is 4. The SMILES string of the molecule is COc1cc(CNC(=O)C(N)c2ccc(C)cc2)cc(Br)c1OC.Cl. The molecule has 1 unspecified atom stereocenters. The Balaban J connectivity index is 0.00000312. The van der Waals surface area contributed by atoms with Gasteiger partial charge in [-0.05, 0) is 46.1 Å². The number of halogens is 2. The lowest BCUT2D eigenvalue weighted by Crippen LogP contribution is -2.33. The van der Waals surface area contributed by atoms with Crippen LogP contribution >= 0.6 is 28.3 Å². The molecule has 0 fully saturated rings. The molecule has 0 spiro atoms. The number of amides is 1. The van der Waals surface area contributed by atoms with E-state index < -0.39 is 6.04 Å². The smallest absolute Gasteiger partial charge is 0.241 e. The summed E-state index contributed by atoms with van der Waals surface area (Å²) in [5.41, 5.74) is 8.81. The first-order valence-electron chi connectivity index (χ1n) is 7.46. The van der Waals surface area contributed by atoms with Crippen molar-refractivity contribution in [2.45, 2.75) is 19.5 Å². The Bertz CT molecular complexity index is 723. The van der Waals surface area contributed by atoms with Crippen LogP contribution in [0.4, 0.5) is 0 Å². The summed E-state index contributed by atoms with van der Waals surface area (Å²) in [7, 11) is 3.14. The third-order valence-corrected chi connectivity index (χ3v) is 4.27. The Morgan fingerprint density at radius 3 is 2.40 bits per heavy atom. The van der Waals surface area contributed by atoms with Crippen molar-refractivity contribution in [3.05, 3.63) is 57.6 Å². The van der Waals surface area contributed by atoms with E-state index in [1.54, 1.807) is 14.2 Å². The number of benzene rings is 2. The van der Waals surface area contributed by atoms with Gasteiger partial charge in [-0.2, -0.15) is 0 Å². The molecule has 0 bridgehead atoms. The van der Waals surface area contributed by atoms with Crippen LogP contribution in [0.2, 0.25) is 0 Å². The number of nitrogens with one attached hydrogen (secondary N) is 1. The van der Waals surface area contributed by atoms with Crippen molar-refractivity contribution >= 4 is 34.2 Å². The lowest BCUT2D eigenvalue weighted by molar-refractivity contribution is -0.122. The van der Waals surface area contributed by atoms with Gasteiger partial charge in [0.1, 0.15) is 6.04 Å². The first-order chi connectivity index (χ1) is 11.5. The molecule has 1 atom stereocenters. The molecule has 1 amide bonds. The van der Waals surface area contributed by atoms with Crippen LogP contribution in [-0.2, 0) is 11.3 Å². The molecular formula is C18H22BrClN2O3. The molecule has 5 nitrogen and oxygen atoms in total. The summed E-state index contributed by atoms with van der Waals surface area (Å²) in [5.74, 6) is 0.979. The van der Waals surface area contributed by atoms with Gasteiger partial charge in [0.05, 0.1) is 18.7 Å². The highest BCUT2D eigenvalue weighted by Gasteiger charge is 2.16. The van der Waals surface area contributed by atoms with Crippen molar-refractivity contribution in [3.63, 3.8) is 0 Å². The highest BCUT2D eigenvalue weighted by atomic mass is 79.9. The molecule has 25 heavy (non-hydrogen) atoms. The van der Waals surface area contributed by atoms with E-state index in [1.165, 1.54) is 0 Å². The molecule has 0 aromatic heterocycles. The van der Waals surface area contributed by atoms with Gasteiger partial charge < -0.3 is 20.5 Å². The van der Waals surface area contributed by atoms with E-state index >= 15 is 0 Å². The monoisotopic (exact) mass is 428 g/mol. The van der Waals surface area contributed by atoms with Crippen LogP contribution in [0.25, 0.3) is 0 Å². The Hall–Kier alpha value is -1.76. The van der Waals surface area contributed by atoms with E-state index in [0.29, 0.717) is 18.0 Å². The second-order valence-electron chi connectivity index (χ2n) is 5.42. The van der Waals surface area contributed by atoms with Gasteiger partial charge in [0.25, 0.3) is 0 Å². The maximum absolute atomic E-state index is 12.3. The van der Waals surface area contributed by atoms with Gasteiger partial charge in [-0.3, -0.25) is 4.79 Å². The number of hydrogen-bond donors (Lipinski definition) is 2. The topological polar surface area (TPSA) is 73.6 Å². The third kappa shape index (κ3) is 5.36. The van der Waals surface area contributed by atoms with Crippen molar-refractivity contribution < 1.29 is 14.3 Å². The molecule has 2 aromatic rings. The number of carbonyl (C=O) groups is 1. The van der Waals surface area contributed by atoms with Gasteiger partial charge in [-0.1, -0.05) is 29.8 Å². The number of methoxy groups -OCH3 is 2. The molecule has 0 saturated carbocycles. The van der Waals surface area contributed by atoms with E-state index in [2.05, 4.69) is 21.2 Å². The van der Waals surface area contributed by atoms with Gasteiger partial charge in [-0.25, -0.2) is 0 Å². The lowest BCUT2D eigenvalue weighted by atomic mass is 10.1. The average Bonchev–Trinajstić information content (AvgIpc) is 2.59. The molecule has 3 N–H and O–H groups in total. The van der Waals surface area contributed by atoms with E-state index in [1.807, 2.05) is 43.3 Å². The molecule has 0 heterocycles. The lowest BCUT2D eigenvalue weighted by Gasteiger charge is -2.15. The molecule has 0 radical (unpaired) electrons. The minimum absolute atomic E-state index is 0. The molecule has 2 aromatic carbocycles. The molecule has 0 aliphatic carbocycles. The van der Waals surface area contributed by atoms with Gasteiger partial charge in [-0.15, -0.1) is 12.4 Å². The summed E-state index contributed by atoms with van der Waals surface area (Å²) in [6.45, 7) is 2.33. The Kier molecular flexibility index (Phi) is 8.22. The zero-order valence-electron chi connectivity index (χ0n) is 14.3.